The summed E-state index contributed by atoms with van der Waals surface area (Å²) < 4.78 is 29.8. The molecule has 140 valence electrons. The first-order chi connectivity index (χ1) is 12.8. The van der Waals surface area contributed by atoms with Crippen LogP contribution < -0.4 is 5.73 Å². The fourth-order valence-electron chi connectivity index (χ4n) is 2.87. The first-order valence-corrected chi connectivity index (χ1v) is 8.77. The maximum atomic E-state index is 14.3. The highest BCUT2D eigenvalue weighted by Crippen LogP contribution is 2.34. The lowest BCUT2D eigenvalue weighted by Gasteiger charge is -2.28. The number of nitrogens with zero attached hydrogens (tertiary/aromatic N) is 2. The Hall–Kier alpha value is -2.79. The molecule has 27 heavy (non-hydrogen) atoms. The van der Waals surface area contributed by atoms with Crippen LogP contribution in [0.1, 0.15) is 31.3 Å². The number of halogens is 2. The summed E-state index contributed by atoms with van der Waals surface area (Å²) in [6, 6.07) is 12.7. The summed E-state index contributed by atoms with van der Waals surface area (Å²) in [6.45, 7) is 8.32. The third-order valence-corrected chi connectivity index (χ3v) is 4.81. The molecule has 0 radical (unpaired) electrons. The van der Waals surface area contributed by atoms with Crippen LogP contribution in [0.4, 0.5) is 8.78 Å². The molecule has 1 aromatic heterocycles. The van der Waals surface area contributed by atoms with Gasteiger partial charge in [0.2, 0.25) is 0 Å². The monoisotopic (exact) mass is 367 g/mol. The van der Waals surface area contributed by atoms with Crippen molar-refractivity contribution in [3.05, 3.63) is 90.4 Å². The van der Waals surface area contributed by atoms with Crippen LogP contribution in [0.2, 0.25) is 0 Å². The third-order valence-electron chi connectivity index (χ3n) is 4.81. The molecule has 0 unspecified atom stereocenters. The van der Waals surface area contributed by atoms with Crippen LogP contribution in [0, 0.1) is 17.0 Å². The molecule has 0 bridgehead atoms. The van der Waals surface area contributed by atoms with E-state index in [1.165, 1.54) is 0 Å². The summed E-state index contributed by atoms with van der Waals surface area (Å²) in [4.78, 5) is 4.58. The molecule has 0 aliphatic carbocycles. The van der Waals surface area contributed by atoms with Crippen molar-refractivity contribution < 1.29 is 8.78 Å². The Morgan fingerprint density at radius 3 is 2.56 bits per heavy atom. The molecule has 1 atom stereocenters. The number of imidazole rings is 1. The van der Waals surface area contributed by atoms with Gasteiger partial charge in [-0.25, -0.2) is 13.8 Å². The number of rotatable bonds is 6. The number of aromatic nitrogens is 2. The van der Waals surface area contributed by atoms with E-state index in [0.717, 1.165) is 23.8 Å². The number of hydrogen-bond acceptors (Lipinski definition) is 2. The van der Waals surface area contributed by atoms with E-state index in [2.05, 4.69) is 11.6 Å². The van der Waals surface area contributed by atoms with Crippen molar-refractivity contribution in [3.8, 4) is 11.3 Å². The molecule has 0 saturated carbocycles. The summed E-state index contributed by atoms with van der Waals surface area (Å²) in [5.41, 5.74) is 7.59. The summed E-state index contributed by atoms with van der Waals surface area (Å²) >= 11 is 0. The van der Waals surface area contributed by atoms with E-state index in [1.54, 1.807) is 12.3 Å². The summed E-state index contributed by atoms with van der Waals surface area (Å²) in [5.74, 6) is -0.437. The van der Waals surface area contributed by atoms with Gasteiger partial charge in [-0.05, 0) is 23.8 Å². The van der Waals surface area contributed by atoms with Gasteiger partial charge < -0.3 is 10.3 Å². The molecule has 0 aliphatic heterocycles. The zero-order valence-electron chi connectivity index (χ0n) is 15.5. The van der Waals surface area contributed by atoms with E-state index in [4.69, 9.17) is 5.73 Å². The largest absolute Gasteiger partial charge is 0.329 e. The van der Waals surface area contributed by atoms with Gasteiger partial charge in [0, 0.05) is 23.7 Å². The minimum absolute atomic E-state index is 0.117. The van der Waals surface area contributed by atoms with E-state index < -0.39 is 23.1 Å². The SMILES string of the molecule is C=CC(C)(C)[C@@H](N)c1nc(-c2cc(F)ccc2F)cn1Cc1ccccc1. The van der Waals surface area contributed by atoms with Crippen molar-refractivity contribution in [3.63, 3.8) is 0 Å². The van der Waals surface area contributed by atoms with Crippen molar-refractivity contribution in [1.82, 2.24) is 9.55 Å². The number of nitrogens with two attached hydrogens (primary N) is 1. The Balaban J connectivity index is 2.11. The van der Waals surface area contributed by atoms with Gasteiger partial charge in [-0.2, -0.15) is 0 Å². The smallest absolute Gasteiger partial charge is 0.132 e. The lowest BCUT2D eigenvalue weighted by atomic mass is 9.84. The van der Waals surface area contributed by atoms with Crippen LogP contribution in [0.5, 0.6) is 0 Å². The zero-order chi connectivity index (χ0) is 19.6. The van der Waals surface area contributed by atoms with Crippen molar-refractivity contribution in [2.45, 2.75) is 26.4 Å². The van der Waals surface area contributed by atoms with E-state index in [9.17, 15) is 8.78 Å². The molecule has 3 aromatic rings. The van der Waals surface area contributed by atoms with Gasteiger partial charge in [0.25, 0.3) is 0 Å². The first kappa shape index (κ1) is 19.0. The molecule has 1 heterocycles. The molecule has 0 saturated heterocycles. The van der Waals surface area contributed by atoms with Crippen LogP contribution in [-0.2, 0) is 6.54 Å². The highest BCUT2D eigenvalue weighted by Gasteiger charge is 2.29. The van der Waals surface area contributed by atoms with Gasteiger partial charge >= 0.3 is 0 Å². The fraction of sp³-hybridized carbons (Fsp3) is 0.227. The molecule has 3 rings (SSSR count). The van der Waals surface area contributed by atoms with Crippen molar-refractivity contribution in [2.75, 3.05) is 0 Å². The Labute approximate surface area is 158 Å². The van der Waals surface area contributed by atoms with Crippen molar-refractivity contribution in [1.29, 1.82) is 0 Å². The highest BCUT2D eigenvalue weighted by atomic mass is 19.1. The van der Waals surface area contributed by atoms with Gasteiger partial charge in [0.05, 0.1) is 11.7 Å². The van der Waals surface area contributed by atoms with E-state index >= 15 is 0 Å². The van der Waals surface area contributed by atoms with Gasteiger partial charge in [-0.15, -0.1) is 6.58 Å². The summed E-state index contributed by atoms with van der Waals surface area (Å²) in [6.07, 6.45) is 3.50. The predicted octanol–water partition coefficient (Wildman–Crippen LogP) is 5.09. The van der Waals surface area contributed by atoms with Gasteiger partial charge in [0.1, 0.15) is 17.5 Å². The summed E-state index contributed by atoms with van der Waals surface area (Å²) in [5, 5.41) is 0. The Kier molecular flexibility index (Phi) is 5.24. The standard InChI is InChI=1S/C22H23F2N3/c1-4-22(2,3)20(25)21-26-19(17-12-16(23)10-11-18(17)24)14-27(21)13-15-8-6-5-7-9-15/h4-12,14,20H,1,13,25H2,2-3H3/t20-/m0/s1. The second kappa shape index (κ2) is 7.45. The maximum Gasteiger partial charge on any atom is 0.132 e. The van der Waals surface area contributed by atoms with Crippen LogP contribution in [0.15, 0.2) is 67.4 Å². The maximum absolute atomic E-state index is 14.3. The van der Waals surface area contributed by atoms with Crippen LogP contribution in [0.25, 0.3) is 11.3 Å². The third kappa shape index (κ3) is 3.98. The lowest BCUT2D eigenvalue weighted by Crippen LogP contribution is -2.30. The van der Waals surface area contributed by atoms with Gasteiger partial charge in [-0.3, -0.25) is 0 Å². The summed E-state index contributed by atoms with van der Waals surface area (Å²) in [7, 11) is 0. The topological polar surface area (TPSA) is 43.8 Å². The lowest BCUT2D eigenvalue weighted by molar-refractivity contribution is 0.358. The normalized spacial score (nSPS) is 12.8. The molecule has 0 aliphatic rings. The molecule has 2 N–H and O–H groups in total. The molecule has 0 spiro atoms. The average molecular weight is 367 g/mol. The average Bonchev–Trinajstić information content (AvgIpc) is 3.07. The Morgan fingerprint density at radius 2 is 1.89 bits per heavy atom. The molecule has 0 fully saturated rings. The molecule has 0 amide bonds. The molecular formula is C22H23F2N3. The molecule has 3 nitrogen and oxygen atoms in total. The van der Waals surface area contributed by atoms with Gasteiger partial charge in [0.15, 0.2) is 0 Å². The highest BCUT2D eigenvalue weighted by molar-refractivity contribution is 5.59. The van der Waals surface area contributed by atoms with Gasteiger partial charge in [-0.1, -0.05) is 50.3 Å². The number of benzene rings is 2. The van der Waals surface area contributed by atoms with Crippen LogP contribution >= 0.6 is 0 Å². The zero-order valence-corrected chi connectivity index (χ0v) is 15.5. The second-order valence-electron chi connectivity index (χ2n) is 7.23. The quantitative estimate of drug-likeness (QED) is 0.617. The van der Waals surface area contributed by atoms with E-state index in [1.807, 2.05) is 48.7 Å². The molecule has 5 heteroatoms. The van der Waals surface area contributed by atoms with Crippen molar-refractivity contribution >= 4 is 0 Å². The predicted molar refractivity (Wildman–Crippen MR) is 104 cm³/mol. The molecular weight excluding hydrogens is 344 g/mol. The van der Waals surface area contributed by atoms with Crippen LogP contribution in [0.3, 0.4) is 0 Å². The van der Waals surface area contributed by atoms with Crippen molar-refractivity contribution in [2.24, 2.45) is 11.1 Å². The Morgan fingerprint density at radius 1 is 1.19 bits per heavy atom. The number of hydrogen-bond donors (Lipinski definition) is 1. The molecule has 2 aromatic carbocycles. The van der Waals surface area contributed by atoms with E-state index in [0.29, 0.717) is 18.1 Å². The first-order valence-electron chi connectivity index (χ1n) is 8.77. The Bertz CT molecular complexity index is 945. The van der Waals surface area contributed by atoms with E-state index in [-0.39, 0.29) is 5.56 Å². The fourth-order valence-corrected chi connectivity index (χ4v) is 2.87. The van der Waals surface area contributed by atoms with Crippen LogP contribution in [-0.4, -0.2) is 9.55 Å². The minimum Gasteiger partial charge on any atom is -0.329 e. The second-order valence-corrected chi connectivity index (χ2v) is 7.23. The minimum atomic E-state index is -0.524.